The number of nitrogens with zero attached hydrogens (tertiary/aromatic N) is 2. The van der Waals surface area contributed by atoms with Crippen LogP contribution in [0.1, 0.15) is 21.1 Å². The van der Waals surface area contributed by atoms with Gasteiger partial charge in [-0.2, -0.15) is 9.97 Å². The molecule has 0 spiro atoms. The van der Waals surface area contributed by atoms with Crippen LogP contribution in [-0.2, 0) is 0 Å². The third-order valence-corrected chi connectivity index (χ3v) is 4.14. The number of anilines is 1. The molecular weight excluding hydrogens is 329 g/mol. The summed E-state index contributed by atoms with van der Waals surface area (Å²) < 4.78 is 19.0. The van der Waals surface area contributed by atoms with Gasteiger partial charge in [0, 0.05) is 0 Å². The average molecular weight is 343 g/mol. The van der Waals surface area contributed by atoms with Gasteiger partial charge in [-0.15, -0.1) is 11.3 Å². The number of aryl methyl sites for hydroxylation is 2. The Hall–Kier alpha value is -2.80. The lowest BCUT2D eigenvalue weighted by atomic mass is 10.2. The molecule has 0 unspecified atom stereocenters. The number of hydrogen-bond donors (Lipinski definition) is 1. The lowest BCUT2D eigenvalue weighted by Gasteiger charge is -2.12. The standard InChI is InChI=1S/C17H14FN3O2S/c1-10-15(21-16(22)14-8-5-9-24-14)11(2)20-17(19-10)23-13-7-4-3-6-12(13)18/h3-9H,1-2H3,(H,21,22). The Balaban J connectivity index is 1.84. The van der Waals surface area contributed by atoms with E-state index in [9.17, 15) is 9.18 Å². The van der Waals surface area contributed by atoms with Gasteiger partial charge in [0.25, 0.3) is 5.91 Å². The lowest BCUT2D eigenvalue weighted by Crippen LogP contribution is -2.14. The van der Waals surface area contributed by atoms with Crippen molar-refractivity contribution in [2.75, 3.05) is 5.32 Å². The van der Waals surface area contributed by atoms with E-state index >= 15 is 0 Å². The Morgan fingerprint density at radius 1 is 1.12 bits per heavy atom. The van der Waals surface area contributed by atoms with Crippen molar-refractivity contribution in [3.05, 3.63) is 63.9 Å². The molecule has 3 aromatic rings. The van der Waals surface area contributed by atoms with Crippen molar-refractivity contribution < 1.29 is 13.9 Å². The van der Waals surface area contributed by atoms with E-state index in [2.05, 4.69) is 15.3 Å². The smallest absolute Gasteiger partial charge is 0.322 e. The van der Waals surface area contributed by atoms with E-state index in [0.29, 0.717) is 22.0 Å². The summed E-state index contributed by atoms with van der Waals surface area (Å²) in [7, 11) is 0. The molecule has 1 amide bonds. The van der Waals surface area contributed by atoms with Crippen molar-refractivity contribution >= 4 is 22.9 Å². The minimum atomic E-state index is -0.494. The summed E-state index contributed by atoms with van der Waals surface area (Å²) in [6.45, 7) is 3.46. The van der Waals surface area contributed by atoms with Crippen molar-refractivity contribution in [2.45, 2.75) is 13.8 Å². The number of amides is 1. The van der Waals surface area contributed by atoms with Crippen LogP contribution in [0, 0.1) is 19.7 Å². The number of nitrogens with one attached hydrogen (secondary N) is 1. The largest absolute Gasteiger partial charge is 0.421 e. The highest BCUT2D eigenvalue weighted by molar-refractivity contribution is 7.12. The molecule has 0 aliphatic heterocycles. The quantitative estimate of drug-likeness (QED) is 0.765. The van der Waals surface area contributed by atoms with E-state index in [1.54, 1.807) is 38.1 Å². The Labute approximate surface area is 142 Å². The van der Waals surface area contributed by atoms with Crippen LogP contribution >= 0.6 is 11.3 Å². The van der Waals surface area contributed by atoms with Crippen LogP contribution in [0.2, 0.25) is 0 Å². The van der Waals surface area contributed by atoms with Gasteiger partial charge in [0.15, 0.2) is 11.6 Å². The molecule has 0 saturated carbocycles. The molecule has 2 aromatic heterocycles. The monoisotopic (exact) mass is 343 g/mol. The highest BCUT2D eigenvalue weighted by atomic mass is 32.1. The van der Waals surface area contributed by atoms with E-state index in [1.165, 1.54) is 23.5 Å². The number of carbonyl (C=O) groups is 1. The Bertz CT molecular complexity index is 858. The van der Waals surface area contributed by atoms with Gasteiger partial charge in [0.1, 0.15) is 0 Å². The first-order valence-electron chi connectivity index (χ1n) is 7.17. The van der Waals surface area contributed by atoms with Crippen molar-refractivity contribution in [2.24, 2.45) is 0 Å². The summed E-state index contributed by atoms with van der Waals surface area (Å²) in [6, 6.07) is 9.60. The maximum Gasteiger partial charge on any atom is 0.322 e. The zero-order valence-electron chi connectivity index (χ0n) is 13.0. The predicted molar refractivity (Wildman–Crippen MR) is 90.3 cm³/mol. The van der Waals surface area contributed by atoms with Gasteiger partial charge in [-0.05, 0) is 37.4 Å². The minimum absolute atomic E-state index is 0.0317. The van der Waals surface area contributed by atoms with E-state index in [1.807, 2.05) is 5.38 Å². The van der Waals surface area contributed by atoms with Crippen LogP contribution in [0.5, 0.6) is 11.8 Å². The maximum atomic E-state index is 13.6. The number of carbonyl (C=O) groups excluding carboxylic acids is 1. The lowest BCUT2D eigenvalue weighted by molar-refractivity contribution is 0.103. The molecule has 0 aliphatic carbocycles. The van der Waals surface area contributed by atoms with Crippen LogP contribution < -0.4 is 10.1 Å². The number of ether oxygens (including phenoxy) is 1. The Morgan fingerprint density at radius 2 is 1.83 bits per heavy atom. The number of aromatic nitrogens is 2. The summed E-state index contributed by atoms with van der Waals surface area (Å²) in [6.07, 6.45) is 0. The molecule has 0 saturated heterocycles. The maximum absolute atomic E-state index is 13.6. The SMILES string of the molecule is Cc1nc(Oc2ccccc2F)nc(C)c1NC(=O)c1cccs1. The summed E-state index contributed by atoms with van der Waals surface area (Å²) >= 11 is 1.35. The number of thiophene rings is 1. The van der Waals surface area contributed by atoms with Crippen molar-refractivity contribution in [1.82, 2.24) is 9.97 Å². The van der Waals surface area contributed by atoms with Crippen molar-refractivity contribution in [3.8, 4) is 11.8 Å². The topological polar surface area (TPSA) is 64.1 Å². The summed E-state index contributed by atoms with van der Waals surface area (Å²) in [5, 5.41) is 4.63. The molecule has 1 N–H and O–H groups in total. The second-order valence-corrected chi connectivity index (χ2v) is 5.96. The summed E-state index contributed by atoms with van der Waals surface area (Å²) in [4.78, 5) is 21.1. The molecule has 7 heteroatoms. The Morgan fingerprint density at radius 3 is 2.46 bits per heavy atom. The van der Waals surface area contributed by atoms with Gasteiger partial charge < -0.3 is 10.1 Å². The normalized spacial score (nSPS) is 10.5. The molecule has 0 fully saturated rings. The van der Waals surface area contributed by atoms with Crippen LogP contribution in [0.15, 0.2) is 41.8 Å². The third-order valence-electron chi connectivity index (χ3n) is 3.27. The number of rotatable bonds is 4. The van der Waals surface area contributed by atoms with Gasteiger partial charge in [-0.3, -0.25) is 4.79 Å². The van der Waals surface area contributed by atoms with E-state index in [-0.39, 0.29) is 17.7 Å². The second-order valence-electron chi connectivity index (χ2n) is 5.02. The fraction of sp³-hybridized carbons (Fsp3) is 0.118. The number of hydrogen-bond acceptors (Lipinski definition) is 5. The average Bonchev–Trinajstić information content (AvgIpc) is 3.07. The molecular formula is C17H14FN3O2S. The van der Waals surface area contributed by atoms with E-state index in [0.717, 1.165) is 0 Å². The molecule has 1 aromatic carbocycles. The van der Waals surface area contributed by atoms with Gasteiger partial charge >= 0.3 is 6.01 Å². The molecule has 0 bridgehead atoms. The zero-order valence-corrected chi connectivity index (χ0v) is 13.9. The predicted octanol–water partition coefficient (Wildman–Crippen LogP) is 4.34. The number of halogens is 1. The van der Waals surface area contributed by atoms with Crippen LogP contribution in [0.4, 0.5) is 10.1 Å². The first-order valence-corrected chi connectivity index (χ1v) is 8.05. The fourth-order valence-electron chi connectivity index (χ4n) is 2.12. The van der Waals surface area contributed by atoms with E-state index in [4.69, 9.17) is 4.74 Å². The molecule has 0 aliphatic rings. The molecule has 122 valence electrons. The number of para-hydroxylation sites is 1. The minimum Gasteiger partial charge on any atom is -0.421 e. The molecule has 2 heterocycles. The van der Waals surface area contributed by atoms with Gasteiger partial charge in [-0.1, -0.05) is 18.2 Å². The van der Waals surface area contributed by atoms with Crippen LogP contribution in [0.3, 0.4) is 0 Å². The molecule has 5 nitrogen and oxygen atoms in total. The molecule has 3 rings (SSSR count). The van der Waals surface area contributed by atoms with Gasteiger partial charge in [0.2, 0.25) is 0 Å². The van der Waals surface area contributed by atoms with Crippen molar-refractivity contribution in [1.29, 1.82) is 0 Å². The highest BCUT2D eigenvalue weighted by Crippen LogP contribution is 2.25. The first-order chi connectivity index (χ1) is 11.5. The second kappa shape index (κ2) is 6.76. The number of benzene rings is 1. The summed E-state index contributed by atoms with van der Waals surface area (Å²) in [5.41, 5.74) is 1.60. The summed E-state index contributed by atoms with van der Waals surface area (Å²) in [5.74, 6) is -0.666. The van der Waals surface area contributed by atoms with Crippen LogP contribution in [-0.4, -0.2) is 15.9 Å². The van der Waals surface area contributed by atoms with Gasteiger partial charge in [-0.25, -0.2) is 4.39 Å². The zero-order chi connectivity index (χ0) is 17.1. The molecule has 0 atom stereocenters. The Kier molecular flexibility index (Phi) is 4.52. The van der Waals surface area contributed by atoms with Crippen LogP contribution in [0.25, 0.3) is 0 Å². The third kappa shape index (κ3) is 3.41. The fourth-order valence-corrected chi connectivity index (χ4v) is 2.74. The highest BCUT2D eigenvalue weighted by Gasteiger charge is 2.15. The molecule has 24 heavy (non-hydrogen) atoms. The van der Waals surface area contributed by atoms with Crippen molar-refractivity contribution in [3.63, 3.8) is 0 Å². The van der Waals surface area contributed by atoms with E-state index < -0.39 is 5.82 Å². The first kappa shape index (κ1) is 16.1. The van der Waals surface area contributed by atoms with Gasteiger partial charge in [0.05, 0.1) is 22.0 Å². The molecule has 0 radical (unpaired) electrons.